The monoisotopic (exact) mass is 178 g/mol. The molecule has 1 fully saturated rings. The molecule has 66 valence electrons. The minimum absolute atomic E-state index is 0.146. The Labute approximate surface area is 70.0 Å². The fourth-order valence-corrected chi connectivity index (χ4v) is 1.65. The maximum atomic E-state index is 9.25. The SMILES string of the molecule is OCC[SH]=C(O)CC1COC1. The van der Waals surface area contributed by atoms with Crippen molar-refractivity contribution in [3.63, 3.8) is 0 Å². The molecule has 0 bridgehead atoms. The molecule has 0 amide bonds. The molecule has 3 nitrogen and oxygen atoms in total. The molecule has 0 radical (unpaired) electrons. The van der Waals surface area contributed by atoms with Crippen molar-refractivity contribution in [2.24, 2.45) is 5.92 Å². The van der Waals surface area contributed by atoms with Crippen LogP contribution in [0.4, 0.5) is 0 Å². The Kier molecular flexibility index (Phi) is 4.07. The van der Waals surface area contributed by atoms with Gasteiger partial charge < -0.3 is 14.9 Å². The zero-order chi connectivity index (χ0) is 8.10. The molecule has 0 aromatic heterocycles. The maximum Gasteiger partial charge on any atom is 0.0700 e. The lowest BCUT2D eigenvalue weighted by Crippen LogP contribution is -2.29. The first-order chi connectivity index (χ1) is 5.33. The number of thiol groups is 1. The van der Waals surface area contributed by atoms with Crippen molar-refractivity contribution >= 4 is 16.4 Å². The molecule has 1 saturated heterocycles. The Morgan fingerprint density at radius 3 is 2.73 bits per heavy atom. The van der Waals surface area contributed by atoms with E-state index >= 15 is 0 Å². The predicted octanol–water partition coefficient (Wildman–Crippen LogP) is 0.169. The number of hydrogen-bond acceptors (Lipinski definition) is 2. The summed E-state index contributed by atoms with van der Waals surface area (Å²) in [6.07, 6.45) is 0.738. The molecule has 2 N–H and O–H groups in total. The molecule has 0 aromatic rings. The van der Waals surface area contributed by atoms with Crippen LogP contribution in [0.5, 0.6) is 0 Å². The van der Waals surface area contributed by atoms with Gasteiger partial charge in [0.15, 0.2) is 0 Å². The summed E-state index contributed by atoms with van der Waals surface area (Å²) in [5, 5.41) is 18.2. The Morgan fingerprint density at radius 1 is 1.55 bits per heavy atom. The van der Waals surface area contributed by atoms with Crippen molar-refractivity contribution in [2.45, 2.75) is 6.42 Å². The van der Waals surface area contributed by atoms with E-state index in [1.165, 1.54) is 0 Å². The summed E-state index contributed by atoms with van der Waals surface area (Å²) in [4.78, 5) is 0. The summed E-state index contributed by atoms with van der Waals surface area (Å²) < 4.78 is 4.96. The molecule has 0 saturated carbocycles. The minimum atomic E-state index is 0.146. The molecule has 1 heterocycles. The average Bonchev–Trinajstić information content (AvgIpc) is 1.93. The van der Waals surface area contributed by atoms with Crippen LogP contribution in [0.25, 0.3) is 0 Å². The highest BCUT2D eigenvalue weighted by molar-refractivity contribution is 7.98. The lowest BCUT2D eigenvalue weighted by molar-refractivity contribution is -0.0290. The van der Waals surface area contributed by atoms with Crippen molar-refractivity contribution in [3.8, 4) is 0 Å². The predicted molar refractivity (Wildman–Crippen MR) is 47.5 cm³/mol. The molecule has 1 aliphatic heterocycles. The smallest absolute Gasteiger partial charge is 0.0700 e. The number of aliphatic hydroxyl groups is 2. The molecular formula is C7H14O3S. The second-order valence-electron chi connectivity index (χ2n) is 2.63. The largest absolute Gasteiger partial charge is 0.396 e. The maximum absolute atomic E-state index is 9.25. The lowest BCUT2D eigenvalue weighted by atomic mass is 10.1. The van der Waals surface area contributed by atoms with E-state index in [0.717, 1.165) is 31.0 Å². The van der Waals surface area contributed by atoms with E-state index in [0.29, 0.717) is 16.7 Å². The third kappa shape index (κ3) is 3.33. The van der Waals surface area contributed by atoms with E-state index in [1.54, 1.807) is 0 Å². The molecule has 1 aliphatic rings. The number of rotatable bonds is 4. The second-order valence-corrected chi connectivity index (χ2v) is 3.91. The number of hydrogen-bond donors (Lipinski definition) is 3. The quantitative estimate of drug-likeness (QED) is 0.425. The number of aliphatic hydroxyl groups excluding tert-OH is 2. The van der Waals surface area contributed by atoms with Crippen LogP contribution in [0.15, 0.2) is 0 Å². The van der Waals surface area contributed by atoms with Gasteiger partial charge in [0.25, 0.3) is 0 Å². The molecule has 0 aliphatic carbocycles. The molecular weight excluding hydrogens is 164 g/mol. The third-order valence-electron chi connectivity index (χ3n) is 1.57. The van der Waals surface area contributed by atoms with Crippen LogP contribution in [0, 0.1) is 5.92 Å². The van der Waals surface area contributed by atoms with Crippen LogP contribution in [-0.4, -0.2) is 40.8 Å². The van der Waals surface area contributed by atoms with Crippen LogP contribution >= 0.6 is 11.4 Å². The van der Waals surface area contributed by atoms with E-state index < -0.39 is 0 Å². The van der Waals surface area contributed by atoms with E-state index in [-0.39, 0.29) is 6.61 Å². The molecule has 4 heteroatoms. The second kappa shape index (κ2) is 4.87. The highest BCUT2D eigenvalue weighted by Crippen LogP contribution is 2.15. The third-order valence-corrected chi connectivity index (χ3v) is 2.54. The molecule has 0 spiro atoms. The Hall–Kier alpha value is 0.100. The highest BCUT2D eigenvalue weighted by Gasteiger charge is 2.18. The fourth-order valence-electron chi connectivity index (χ4n) is 0.904. The molecule has 0 unspecified atom stereocenters. The van der Waals surface area contributed by atoms with Gasteiger partial charge in [0.2, 0.25) is 0 Å². The molecule has 0 atom stereocenters. The first-order valence-electron chi connectivity index (χ1n) is 3.74. The highest BCUT2D eigenvalue weighted by atomic mass is 32.1. The minimum Gasteiger partial charge on any atom is -0.396 e. The normalized spacial score (nSPS) is 20.7. The Balaban J connectivity index is 2.12. The van der Waals surface area contributed by atoms with E-state index in [9.17, 15) is 5.11 Å². The average molecular weight is 178 g/mol. The number of ether oxygens (including phenoxy) is 1. The van der Waals surface area contributed by atoms with Crippen molar-refractivity contribution in [2.75, 3.05) is 25.6 Å². The summed E-state index contributed by atoms with van der Waals surface area (Å²) in [5.74, 6) is 1.15. The van der Waals surface area contributed by atoms with E-state index in [1.807, 2.05) is 0 Å². The van der Waals surface area contributed by atoms with Gasteiger partial charge in [-0.2, -0.15) is 11.4 Å². The van der Waals surface area contributed by atoms with Gasteiger partial charge in [-0.3, -0.25) is 0 Å². The summed E-state index contributed by atoms with van der Waals surface area (Å²) in [6.45, 7) is 1.70. The summed E-state index contributed by atoms with van der Waals surface area (Å²) in [6, 6.07) is 0. The molecule has 11 heavy (non-hydrogen) atoms. The fraction of sp³-hybridized carbons (Fsp3) is 0.857. The van der Waals surface area contributed by atoms with Crippen LogP contribution in [0.3, 0.4) is 0 Å². The van der Waals surface area contributed by atoms with Gasteiger partial charge in [0.1, 0.15) is 0 Å². The van der Waals surface area contributed by atoms with Crippen molar-refractivity contribution in [3.05, 3.63) is 0 Å². The molecule has 1 rings (SSSR count). The Morgan fingerprint density at radius 2 is 2.27 bits per heavy atom. The molecule has 0 aromatic carbocycles. The van der Waals surface area contributed by atoms with Gasteiger partial charge in [-0.25, -0.2) is 0 Å². The van der Waals surface area contributed by atoms with E-state index in [2.05, 4.69) is 0 Å². The zero-order valence-corrected chi connectivity index (χ0v) is 7.26. The topological polar surface area (TPSA) is 49.7 Å². The van der Waals surface area contributed by atoms with Gasteiger partial charge in [0.05, 0.1) is 24.9 Å². The van der Waals surface area contributed by atoms with Crippen LogP contribution in [0.2, 0.25) is 0 Å². The van der Waals surface area contributed by atoms with E-state index in [4.69, 9.17) is 9.84 Å². The van der Waals surface area contributed by atoms with Gasteiger partial charge in [-0.1, -0.05) is 0 Å². The van der Waals surface area contributed by atoms with Crippen molar-refractivity contribution in [1.29, 1.82) is 0 Å². The Bertz CT molecular complexity index is 143. The lowest BCUT2D eigenvalue weighted by Gasteiger charge is -2.25. The summed E-state index contributed by atoms with van der Waals surface area (Å²) in [7, 11) is 0. The first-order valence-corrected chi connectivity index (χ1v) is 4.81. The van der Waals surface area contributed by atoms with Gasteiger partial charge in [-0.15, -0.1) is 0 Å². The van der Waals surface area contributed by atoms with Gasteiger partial charge in [-0.05, 0) is 0 Å². The van der Waals surface area contributed by atoms with Crippen LogP contribution < -0.4 is 0 Å². The van der Waals surface area contributed by atoms with Crippen LogP contribution in [-0.2, 0) is 4.74 Å². The van der Waals surface area contributed by atoms with Crippen molar-refractivity contribution < 1.29 is 14.9 Å². The van der Waals surface area contributed by atoms with Crippen molar-refractivity contribution in [1.82, 2.24) is 0 Å². The summed E-state index contributed by atoms with van der Waals surface area (Å²) in [5.41, 5.74) is 0. The van der Waals surface area contributed by atoms with Crippen LogP contribution in [0.1, 0.15) is 6.42 Å². The first kappa shape index (κ1) is 9.19. The summed E-state index contributed by atoms with van der Waals surface area (Å²) >= 11 is 0.862. The van der Waals surface area contributed by atoms with Gasteiger partial charge >= 0.3 is 0 Å². The zero-order valence-electron chi connectivity index (χ0n) is 6.36. The standard InChI is InChI=1S/C7H14O3S/c8-1-2-11-7(9)3-6-4-10-5-6/h6,8-9,11H,1-5H2. The van der Waals surface area contributed by atoms with Gasteiger partial charge in [0, 0.05) is 18.1 Å².